The van der Waals surface area contributed by atoms with Gasteiger partial charge in [0.1, 0.15) is 12.4 Å². The lowest BCUT2D eigenvalue weighted by Crippen LogP contribution is -2.42. The van der Waals surface area contributed by atoms with Crippen molar-refractivity contribution < 1.29 is 14.3 Å². The molecule has 1 aliphatic heterocycles. The zero-order valence-electron chi connectivity index (χ0n) is 15.7. The lowest BCUT2D eigenvalue weighted by Gasteiger charge is -2.27. The average Bonchev–Trinajstić information content (AvgIpc) is 2.72. The van der Waals surface area contributed by atoms with Gasteiger partial charge in [0.15, 0.2) is 0 Å². The van der Waals surface area contributed by atoms with Gasteiger partial charge in [-0.1, -0.05) is 19.1 Å². The molecule has 0 bridgehead atoms. The highest BCUT2D eigenvalue weighted by molar-refractivity contribution is 9.10. The van der Waals surface area contributed by atoms with Crippen LogP contribution in [0.2, 0.25) is 0 Å². The van der Waals surface area contributed by atoms with Crippen molar-refractivity contribution in [1.29, 1.82) is 0 Å². The standard InChI is InChI=1S/C21H23BrN2O3/c1-4-11-24-17-12-14(23-19(25)15-7-5-6-8-16(15)22)9-10-18(17)27-13-21(2,3)20(24)26/h5-10,12H,4,11,13H2,1-3H3,(H,23,25). The number of amides is 2. The van der Waals surface area contributed by atoms with E-state index in [0.717, 1.165) is 10.9 Å². The Hall–Kier alpha value is -2.34. The predicted molar refractivity (Wildman–Crippen MR) is 110 cm³/mol. The van der Waals surface area contributed by atoms with E-state index in [9.17, 15) is 9.59 Å². The Kier molecular flexibility index (Phi) is 5.56. The number of anilines is 2. The van der Waals surface area contributed by atoms with Crippen LogP contribution in [0, 0.1) is 5.41 Å². The van der Waals surface area contributed by atoms with Crippen molar-refractivity contribution in [1.82, 2.24) is 0 Å². The van der Waals surface area contributed by atoms with Gasteiger partial charge in [0.05, 0.1) is 16.7 Å². The molecule has 6 heteroatoms. The van der Waals surface area contributed by atoms with Crippen LogP contribution in [0.5, 0.6) is 5.75 Å². The van der Waals surface area contributed by atoms with Crippen LogP contribution in [0.4, 0.5) is 11.4 Å². The molecule has 2 aromatic rings. The Morgan fingerprint density at radius 1 is 1.26 bits per heavy atom. The van der Waals surface area contributed by atoms with Crippen molar-refractivity contribution >= 4 is 39.1 Å². The smallest absolute Gasteiger partial charge is 0.256 e. The molecule has 3 rings (SSSR count). The molecule has 1 aliphatic rings. The van der Waals surface area contributed by atoms with Gasteiger partial charge in [0, 0.05) is 16.7 Å². The molecule has 0 spiro atoms. The van der Waals surface area contributed by atoms with Crippen LogP contribution in [0.25, 0.3) is 0 Å². The number of ether oxygens (including phenoxy) is 1. The molecule has 0 atom stereocenters. The van der Waals surface area contributed by atoms with Gasteiger partial charge in [0.2, 0.25) is 5.91 Å². The first-order chi connectivity index (χ1) is 12.8. The first-order valence-corrected chi connectivity index (χ1v) is 9.77. The van der Waals surface area contributed by atoms with Gasteiger partial charge in [-0.3, -0.25) is 9.59 Å². The van der Waals surface area contributed by atoms with Gasteiger partial charge < -0.3 is 15.0 Å². The van der Waals surface area contributed by atoms with E-state index in [4.69, 9.17) is 4.74 Å². The third-order valence-corrected chi connectivity index (χ3v) is 5.18. The Labute approximate surface area is 167 Å². The van der Waals surface area contributed by atoms with Crippen LogP contribution in [-0.4, -0.2) is 25.0 Å². The maximum Gasteiger partial charge on any atom is 0.256 e. The van der Waals surface area contributed by atoms with E-state index in [1.165, 1.54) is 0 Å². The van der Waals surface area contributed by atoms with E-state index >= 15 is 0 Å². The lowest BCUT2D eigenvalue weighted by molar-refractivity contribution is -0.127. The zero-order valence-corrected chi connectivity index (χ0v) is 17.3. The fourth-order valence-electron chi connectivity index (χ4n) is 3.01. The fourth-order valence-corrected chi connectivity index (χ4v) is 3.48. The largest absolute Gasteiger partial charge is 0.490 e. The molecule has 0 radical (unpaired) electrons. The summed E-state index contributed by atoms with van der Waals surface area (Å²) in [5.74, 6) is 0.462. The molecule has 0 aliphatic carbocycles. The monoisotopic (exact) mass is 430 g/mol. The van der Waals surface area contributed by atoms with E-state index in [0.29, 0.717) is 35.8 Å². The minimum atomic E-state index is -0.605. The van der Waals surface area contributed by atoms with Crippen molar-refractivity contribution in [3.05, 3.63) is 52.5 Å². The summed E-state index contributed by atoms with van der Waals surface area (Å²) >= 11 is 3.40. The van der Waals surface area contributed by atoms with Gasteiger partial charge in [-0.2, -0.15) is 0 Å². The second-order valence-corrected chi connectivity index (χ2v) is 8.10. The highest BCUT2D eigenvalue weighted by atomic mass is 79.9. The van der Waals surface area contributed by atoms with Crippen molar-refractivity contribution in [3.63, 3.8) is 0 Å². The zero-order chi connectivity index (χ0) is 19.6. The fraction of sp³-hybridized carbons (Fsp3) is 0.333. The number of carbonyl (C=O) groups excluding carboxylic acids is 2. The molecule has 2 amide bonds. The highest BCUT2D eigenvalue weighted by Gasteiger charge is 2.37. The minimum Gasteiger partial charge on any atom is -0.490 e. The van der Waals surface area contributed by atoms with E-state index in [2.05, 4.69) is 21.2 Å². The van der Waals surface area contributed by atoms with Gasteiger partial charge in [-0.25, -0.2) is 0 Å². The predicted octanol–water partition coefficient (Wildman–Crippen LogP) is 4.86. The minimum absolute atomic E-state index is 0.0254. The number of nitrogens with zero attached hydrogens (tertiary/aromatic N) is 1. The van der Waals surface area contributed by atoms with Crippen LogP contribution in [0.3, 0.4) is 0 Å². The van der Waals surface area contributed by atoms with E-state index in [1.54, 1.807) is 23.1 Å². The summed E-state index contributed by atoms with van der Waals surface area (Å²) in [6, 6.07) is 12.7. The van der Waals surface area contributed by atoms with Gasteiger partial charge in [-0.15, -0.1) is 0 Å². The summed E-state index contributed by atoms with van der Waals surface area (Å²) in [7, 11) is 0. The van der Waals surface area contributed by atoms with Crippen LogP contribution in [0.1, 0.15) is 37.6 Å². The molecule has 1 heterocycles. The van der Waals surface area contributed by atoms with E-state index in [1.807, 2.05) is 45.0 Å². The number of halogens is 1. The number of hydrogen-bond donors (Lipinski definition) is 1. The topological polar surface area (TPSA) is 58.6 Å². The molecule has 0 saturated heterocycles. The van der Waals surface area contributed by atoms with E-state index in [-0.39, 0.29) is 11.8 Å². The van der Waals surface area contributed by atoms with E-state index < -0.39 is 5.41 Å². The molecule has 142 valence electrons. The first-order valence-electron chi connectivity index (χ1n) is 8.98. The highest BCUT2D eigenvalue weighted by Crippen LogP contribution is 2.38. The summed E-state index contributed by atoms with van der Waals surface area (Å²) in [6.45, 7) is 6.73. The van der Waals surface area contributed by atoms with Crippen LogP contribution in [0.15, 0.2) is 46.9 Å². The second-order valence-electron chi connectivity index (χ2n) is 7.25. The maximum absolute atomic E-state index is 13.0. The average molecular weight is 431 g/mol. The lowest BCUT2D eigenvalue weighted by atomic mass is 9.93. The quantitative estimate of drug-likeness (QED) is 0.752. The second kappa shape index (κ2) is 7.72. The number of benzene rings is 2. The van der Waals surface area contributed by atoms with Crippen molar-refractivity contribution in [3.8, 4) is 5.75 Å². The molecule has 0 fully saturated rings. The number of rotatable bonds is 4. The summed E-state index contributed by atoms with van der Waals surface area (Å²) in [5, 5.41) is 2.91. The SMILES string of the molecule is CCCN1C(=O)C(C)(C)COc2ccc(NC(=O)c3ccccc3Br)cc21. The number of hydrogen-bond acceptors (Lipinski definition) is 3. The van der Waals surface area contributed by atoms with Crippen molar-refractivity contribution in [2.45, 2.75) is 27.2 Å². The summed E-state index contributed by atoms with van der Waals surface area (Å²) < 4.78 is 6.62. The molecule has 2 aromatic carbocycles. The molecule has 0 unspecified atom stereocenters. The maximum atomic E-state index is 13.0. The van der Waals surface area contributed by atoms with Crippen molar-refractivity contribution in [2.24, 2.45) is 5.41 Å². The number of fused-ring (bicyclic) bond motifs is 1. The Balaban J connectivity index is 1.93. The molecule has 27 heavy (non-hydrogen) atoms. The molecular weight excluding hydrogens is 408 g/mol. The summed E-state index contributed by atoms with van der Waals surface area (Å²) in [5.41, 5.74) is 1.25. The normalized spacial score (nSPS) is 15.6. The van der Waals surface area contributed by atoms with Crippen molar-refractivity contribution in [2.75, 3.05) is 23.4 Å². The van der Waals surface area contributed by atoms with Crippen LogP contribution < -0.4 is 15.0 Å². The number of carbonyl (C=O) groups is 2. The molecular formula is C21H23BrN2O3. The summed E-state index contributed by atoms with van der Waals surface area (Å²) in [4.78, 5) is 27.3. The third-order valence-electron chi connectivity index (χ3n) is 4.49. The molecule has 5 nitrogen and oxygen atoms in total. The van der Waals surface area contributed by atoms with Gasteiger partial charge in [-0.05, 0) is 66.5 Å². The van der Waals surface area contributed by atoms with Crippen LogP contribution >= 0.6 is 15.9 Å². The Bertz CT molecular complexity index is 879. The first kappa shape index (κ1) is 19.4. The van der Waals surface area contributed by atoms with Crippen LogP contribution in [-0.2, 0) is 4.79 Å². The summed E-state index contributed by atoms with van der Waals surface area (Å²) in [6.07, 6.45) is 0.828. The van der Waals surface area contributed by atoms with Gasteiger partial charge in [0.25, 0.3) is 5.91 Å². The molecule has 1 N–H and O–H groups in total. The van der Waals surface area contributed by atoms with Gasteiger partial charge >= 0.3 is 0 Å². The molecule has 0 aromatic heterocycles. The Morgan fingerprint density at radius 3 is 2.70 bits per heavy atom. The number of nitrogens with one attached hydrogen (secondary N) is 1. The Morgan fingerprint density at radius 2 is 2.00 bits per heavy atom. The molecule has 0 saturated carbocycles. The third kappa shape index (κ3) is 4.00.